The van der Waals surface area contributed by atoms with Crippen LogP contribution in [0.2, 0.25) is 0 Å². The van der Waals surface area contributed by atoms with Crippen LogP contribution in [0.4, 0.5) is 0 Å². The van der Waals surface area contributed by atoms with Gasteiger partial charge in [0.1, 0.15) is 0 Å². The molecule has 2 aromatic rings. The van der Waals surface area contributed by atoms with Crippen LogP contribution in [-0.4, -0.2) is 27.5 Å². The number of carbonyl (C=O) groups excluding carboxylic acids is 1. The van der Waals surface area contributed by atoms with E-state index in [1.54, 1.807) is 17.0 Å². The van der Waals surface area contributed by atoms with Crippen molar-refractivity contribution in [3.63, 3.8) is 0 Å². The molecule has 2 saturated carbocycles. The largest absolute Gasteiger partial charge is 0.353 e. The quantitative estimate of drug-likeness (QED) is 0.865. The highest BCUT2D eigenvalue weighted by Gasteiger charge is 2.39. The molecule has 2 bridgehead atoms. The molecule has 2 fully saturated rings. The van der Waals surface area contributed by atoms with E-state index >= 15 is 0 Å². The Balaban J connectivity index is 1.42. The third kappa shape index (κ3) is 3.63. The molecule has 1 aromatic carbocycles. The molecule has 144 valence electrons. The maximum atomic E-state index is 12.7. The predicted octanol–water partition coefficient (Wildman–Crippen LogP) is 2.12. The number of hydrogen-bond acceptors (Lipinski definition) is 4. The van der Waals surface area contributed by atoms with E-state index < -0.39 is 0 Å². The Morgan fingerprint density at radius 3 is 2.78 bits per heavy atom. The second-order valence-corrected chi connectivity index (χ2v) is 8.24. The number of benzene rings is 1. The fourth-order valence-corrected chi connectivity index (χ4v) is 5.00. The molecule has 0 saturated heterocycles. The Hall–Kier alpha value is -2.21. The fraction of sp³-hybridized carbons (Fsp3) is 0.571. The van der Waals surface area contributed by atoms with Crippen LogP contribution in [0, 0.1) is 18.8 Å². The van der Waals surface area contributed by atoms with Crippen LogP contribution in [0.3, 0.4) is 0 Å². The smallest absolute Gasteiger partial charge is 0.261 e. The molecule has 0 spiro atoms. The van der Waals surface area contributed by atoms with Crippen molar-refractivity contribution in [2.75, 3.05) is 0 Å². The highest BCUT2D eigenvalue weighted by atomic mass is 16.2. The van der Waals surface area contributed by atoms with Gasteiger partial charge >= 0.3 is 0 Å². The standard InChI is InChI=1S/C21H28N4O2/c1-13-4-2-7-17-19(13)23-12-25(21(17)27)9-8-18(26)24-20-14-5-3-6-15(20)11-16(22)10-14/h2,4,7,12,14-16,20H,3,5-6,8-11,22H2,1H3,(H,24,26). The van der Waals surface area contributed by atoms with Gasteiger partial charge in [-0.2, -0.15) is 0 Å². The average Bonchev–Trinajstić information content (AvgIpc) is 2.62. The van der Waals surface area contributed by atoms with Gasteiger partial charge in [-0.25, -0.2) is 4.98 Å². The summed E-state index contributed by atoms with van der Waals surface area (Å²) in [4.78, 5) is 29.6. The predicted molar refractivity (Wildman–Crippen MR) is 105 cm³/mol. The highest BCUT2D eigenvalue weighted by molar-refractivity contribution is 5.80. The summed E-state index contributed by atoms with van der Waals surface area (Å²) in [6.45, 7) is 2.29. The molecular weight excluding hydrogens is 340 g/mol. The summed E-state index contributed by atoms with van der Waals surface area (Å²) in [6, 6.07) is 6.13. The molecule has 3 N–H and O–H groups in total. The number of fused-ring (bicyclic) bond motifs is 3. The molecule has 2 unspecified atom stereocenters. The summed E-state index contributed by atoms with van der Waals surface area (Å²) >= 11 is 0. The first-order valence-corrected chi connectivity index (χ1v) is 10.0. The number of aryl methyl sites for hydroxylation is 2. The van der Waals surface area contributed by atoms with Gasteiger partial charge in [0, 0.05) is 25.0 Å². The number of rotatable bonds is 4. The van der Waals surface area contributed by atoms with E-state index in [9.17, 15) is 9.59 Å². The van der Waals surface area contributed by atoms with Crippen molar-refractivity contribution in [1.29, 1.82) is 0 Å². The van der Waals surface area contributed by atoms with Gasteiger partial charge in [-0.3, -0.25) is 14.2 Å². The van der Waals surface area contributed by atoms with Crippen molar-refractivity contribution in [2.45, 2.75) is 64.1 Å². The normalized spacial score (nSPS) is 27.5. The second kappa shape index (κ2) is 7.43. The van der Waals surface area contributed by atoms with Crippen LogP contribution in [0.25, 0.3) is 10.9 Å². The number of nitrogens with one attached hydrogen (secondary N) is 1. The number of nitrogens with two attached hydrogens (primary N) is 1. The number of aromatic nitrogens is 2. The van der Waals surface area contributed by atoms with Crippen LogP contribution in [-0.2, 0) is 11.3 Å². The molecular formula is C21H28N4O2. The maximum Gasteiger partial charge on any atom is 0.261 e. The van der Waals surface area contributed by atoms with Crippen LogP contribution < -0.4 is 16.6 Å². The van der Waals surface area contributed by atoms with Crippen molar-refractivity contribution >= 4 is 16.8 Å². The van der Waals surface area contributed by atoms with E-state index in [-0.39, 0.29) is 23.6 Å². The Morgan fingerprint density at radius 2 is 2.04 bits per heavy atom. The molecule has 1 amide bonds. The number of hydrogen-bond donors (Lipinski definition) is 2. The Bertz CT molecular complexity index is 893. The zero-order valence-electron chi connectivity index (χ0n) is 15.9. The van der Waals surface area contributed by atoms with Crippen molar-refractivity contribution in [3.05, 3.63) is 40.4 Å². The molecule has 1 aromatic heterocycles. The summed E-state index contributed by atoms with van der Waals surface area (Å²) in [5, 5.41) is 3.85. The van der Waals surface area contributed by atoms with Crippen molar-refractivity contribution < 1.29 is 4.79 Å². The minimum absolute atomic E-state index is 0.0172. The number of nitrogens with zero attached hydrogens (tertiary/aromatic N) is 2. The second-order valence-electron chi connectivity index (χ2n) is 8.24. The van der Waals surface area contributed by atoms with E-state index in [1.165, 1.54) is 6.42 Å². The van der Waals surface area contributed by atoms with Crippen LogP contribution >= 0.6 is 0 Å². The van der Waals surface area contributed by atoms with Crippen molar-refractivity contribution in [2.24, 2.45) is 17.6 Å². The Morgan fingerprint density at radius 1 is 1.30 bits per heavy atom. The SMILES string of the molecule is Cc1cccc2c(=O)n(CCC(=O)NC3C4CCCC3CC(N)C4)cnc12. The fourth-order valence-electron chi connectivity index (χ4n) is 5.00. The molecule has 0 aliphatic heterocycles. The lowest BCUT2D eigenvalue weighted by Gasteiger charge is -2.45. The topological polar surface area (TPSA) is 90.0 Å². The first kappa shape index (κ1) is 18.2. The first-order valence-electron chi connectivity index (χ1n) is 10.0. The molecule has 0 radical (unpaired) electrons. The minimum atomic E-state index is -0.0861. The third-order valence-electron chi connectivity index (χ3n) is 6.34. The van der Waals surface area contributed by atoms with Gasteiger partial charge in [-0.1, -0.05) is 18.6 Å². The Kier molecular flexibility index (Phi) is 5.00. The lowest BCUT2D eigenvalue weighted by molar-refractivity contribution is -0.123. The van der Waals surface area contributed by atoms with Gasteiger partial charge in [-0.05, 0) is 56.1 Å². The minimum Gasteiger partial charge on any atom is -0.353 e. The highest BCUT2D eigenvalue weighted by Crippen LogP contribution is 2.39. The van der Waals surface area contributed by atoms with Gasteiger partial charge in [0.25, 0.3) is 5.56 Å². The number of para-hydroxylation sites is 1. The van der Waals surface area contributed by atoms with Gasteiger partial charge in [0.2, 0.25) is 5.91 Å². The molecule has 1 heterocycles. The van der Waals surface area contributed by atoms with Crippen LogP contribution in [0.15, 0.2) is 29.3 Å². The molecule has 2 aliphatic carbocycles. The zero-order valence-corrected chi connectivity index (χ0v) is 15.9. The van der Waals surface area contributed by atoms with Gasteiger partial charge in [0.15, 0.2) is 0 Å². The molecule has 2 atom stereocenters. The van der Waals surface area contributed by atoms with E-state index in [1.807, 2.05) is 19.1 Å². The van der Waals surface area contributed by atoms with Crippen LogP contribution in [0.5, 0.6) is 0 Å². The summed E-state index contributed by atoms with van der Waals surface area (Å²) < 4.78 is 1.54. The first-order chi connectivity index (χ1) is 13.0. The van der Waals surface area contributed by atoms with E-state index in [0.717, 1.165) is 36.8 Å². The number of amides is 1. The third-order valence-corrected chi connectivity index (χ3v) is 6.34. The van der Waals surface area contributed by atoms with E-state index in [4.69, 9.17) is 5.73 Å². The maximum absolute atomic E-state index is 12.7. The summed E-state index contributed by atoms with van der Waals surface area (Å²) in [6.07, 6.45) is 7.42. The molecule has 6 heteroatoms. The molecule has 27 heavy (non-hydrogen) atoms. The summed E-state index contributed by atoms with van der Waals surface area (Å²) in [7, 11) is 0. The van der Waals surface area contributed by atoms with Gasteiger partial charge in [0.05, 0.1) is 17.2 Å². The van der Waals surface area contributed by atoms with Crippen LogP contribution in [0.1, 0.15) is 44.1 Å². The van der Waals surface area contributed by atoms with Crippen molar-refractivity contribution in [1.82, 2.24) is 14.9 Å². The van der Waals surface area contributed by atoms with Gasteiger partial charge < -0.3 is 11.1 Å². The van der Waals surface area contributed by atoms with E-state index in [0.29, 0.717) is 30.2 Å². The summed E-state index contributed by atoms with van der Waals surface area (Å²) in [5.41, 5.74) is 7.80. The monoisotopic (exact) mass is 368 g/mol. The lowest BCUT2D eigenvalue weighted by Crippen LogP contribution is -2.53. The zero-order chi connectivity index (χ0) is 19.0. The van der Waals surface area contributed by atoms with Crippen molar-refractivity contribution in [3.8, 4) is 0 Å². The number of carbonyl (C=O) groups is 1. The molecule has 4 rings (SSSR count). The molecule has 2 aliphatic rings. The van der Waals surface area contributed by atoms with E-state index in [2.05, 4.69) is 10.3 Å². The lowest BCUT2D eigenvalue weighted by atomic mass is 9.67. The Labute approximate surface area is 159 Å². The summed E-state index contributed by atoms with van der Waals surface area (Å²) in [5.74, 6) is 1.03. The van der Waals surface area contributed by atoms with Gasteiger partial charge in [-0.15, -0.1) is 0 Å². The average molecular weight is 368 g/mol. The molecule has 6 nitrogen and oxygen atoms in total.